The molecule has 0 aromatic rings. The van der Waals surface area contributed by atoms with Crippen LogP contribution in [0.1, 0.15) is 13.3 Å². The van der Waals surface area contributed by atoms with Crippen molar-refractivity contribution in [2.45, 2.75) is 13.3 Å². The van der Waals surface area contributed by atoms with Crippen molar-refractivity contribution in [3.05, 3.63) is 36.5 Å². The van der Waals surface area contributed by atoms with Crippen LogP contribution in [0.2, 0.25) is 0 Å². The van der Waals surface area contributed by atoms with E-state index >= 15 is 0 Å². The zero-order valence-corrected chi connectivity index (χ0v) is 6.21. The van der Waals surface area contributed by atoms with Crippen LogP contribution in [0.15, 0.2) is 36.5 Å². The fourth-order valence-electron chi connectivity index (χ4n) is 0.471. The third-order valence-electron chi connectivity index (χ3n) is 1.03. The maximum atomic E-state index is 10.2. The minimum Gasteiger partial charge on any atom is -0.298 e. The summed E-state index contributed by atoms with van der Waals surface area (Å²) < 4.78 is 0. The van der Waals surface area contributed by atoms with E-state index in [0.717, 1.165) is 12.7 Å². The van der Waals surface area contributed by atoms with Crippen LogP contribution in [0.4, 0.5) is 0 Å². The SMILES string of the molecule is C=C/C(C=O)=C\C=C/CC. The first-order chi connectivity index (χ1) is 4.85. The Morgan fingerprint density at radius 1 is 1.60 bits per heavy atom. The fraction of sp³-hybridized carbons (Fsp3) is 0.222. The molecule has 0 aromatic carbocycles. The summed E-state index contributed by atoms with van der Waals surface area (Å²) in [7, 11) is 0. The van der Waals surface area contributed by atoms with E-state index in [-0.39, 0.29) is 0 Å². The molecule has 0 N–H and O–H groups in total. The molecule has 0 radical (unpaired) electrons. The Morgan fingerprint density at radius 3 is 2.70 bits per heavy atom. The molecule has 0 bridgehead atoms. The highest BCUT2D eigenvalue weighted by atomic mass is 16.1. The van der Waals surface area contributed by atoms with Gasteiger partial charge in [-0.15, -0.1) is 0 Å². The molecule has 0 aliphatic heterocycles. The molecule has 0 spiro atoms. The van der Waals surface area contributed by atoms with Crippen LogP contribution in [-0.2, 0) is 4.79 Å². The Morgan fingerprint density at radius 2 is 2.30 bits per heavy atom. The molecular formula is C9H12O. The molecule has 0 amide bonds. The van der Waals surface area contributed by atoms with Crippen LogP contribution in [0, 0.1) is 0 Å². The Kier molecular flexibility index (Phi) is 5.35. The zero-order chi connectivity index (χ0) is 7.82. The van der Waals surface area contributed by atoms with Gasteiger partial charge in [-0.3, -0.25) is 4.79 Å². The zero-order valence-electron chi connectivity index (χ0n) is 6.21. The third-order valence-corrected chi connectivity index (χ3v) is 1.03. The van der Waals surface area contributed by atoms with E-state index in [1.807, 2.05) is 19.1 Å². The van der Waals surface area contributed by atoms with Crippen molar-refractivity contribution in [3.8, 4) is 0 Å². The summed E-state index contributed by atoms with van der Waals surface area (Å²) in [6.07, 6.45) is 8.88. The molecule has 54 valence electrons. The van der Waals surface area contributed by atoms with E-state index in [9.17, 15) is 4.79 Å². The van der Waals surface area contributed by atoms with Gasteiger partial charge in [0.2, 0.25) is 0 Å². The molecule has 0 saturated heterocycles. The number of aldehydes is 1. The van der Waals surface area contributed by atoms with E-state index in [4.69, 9.17) is 0 Å². The Hall–Kier alpha value is -1.11. The Bertz CT molecular complexity index is 154. The van der Waals surface area contributed by atoms with Crippen molar-refractivity contribution in [2.75, 3.05) is 0 Å². The van der Waals surface area contributed by atoms with Crippen LogP contribution in [0.3, 0.4) is 0 Å². The first-order valence-corrected chi connectivity index (χ1v) is 3.29. The number of hydrogen-bond donors (Lipinski definition) is 0. The topological polar surface area (TPSA) is 17.1 Å². The lowest BCUT2D eigenvalue weighted by molar-refractivity contribution is -0.104. The van der Waals surface area contributed by atoms with E-state index in [2.05, 4.69) is 6.58 Å². The number of carbonyl (C=O) groups excluding carboxylic acids is 1. The summed E-state index contributed by atoms with van der Waals surface area (Å²) in [6, 6.07) is 0. The van der Waals surface area contributed by atoms with Crippen LogP contribution in [0.5, 0.6) is 0 Å². The largest absolute Gasteiger partial charge is 0.298 e. The predicted molar refractivity (Wildman–Crippen MR) is 43.8 cm³/mol. The molecule has 0 atom stereocenters. The highest BCUT2D eigenvalue weighted by molar-refractivity contribution is 5.77. The average molecular weight is 136 g/mol. The van der Waals surface area contributed by atoms with Gasteiger partial charge < -0.3 is 0 Å². The Labute approximate surface area is 61.8 Å². The van der Waals surface area contributed by atoms with Crippen molar-refractivity contribution in [1.29, 1.82) is 0 Å². The van der Waals surface area contributed by atoms with Gasteiger partial charge in [0.15, 0.2) is 0 Å². The quantitative estimate of drug-likeness (QED) is 0.329. The molecular weight excluding hydrogens is 124 g/mol. The molecule has 0 aliphatic carbocycles. The lowest BCUT2D eigenvalue weighted by atomic mass is 10.2. The molecule has 0 heterocycles. The van der Waals surface area contributed by atoms with E-state index < -0.39 is 0 Å². The summed E-state index contributed by atoms with van der Waals surface area (Å²) in [5, 5.41) is 0. The van der Waals surface area contributed by atoms with Crippen molar-refractivity contribution in [2.24, 2.45) is 0 Å². The molecule has 0 unspecified atom stereocenters. The van der Waals surface area contributed by atoms with Crippen LogP contribution >= 0.6 is 0 Å². The van der Waals surface area contributed by atoms with Crippen LogP contribution in [-0.4, -0.2) is 6.29 Å². The normalized spacial score (nSPS) is 11.9. The summed E-state index contributed by atoms with van der Waals surface area (Å²) in [6.45, 7) is 5.52. The fourth-order valence-corrected chi connectivity index (χ4v) is 0.471. The molecule has 1 heteroatoms. The van der Waals surface area contributed by atoms with Crippen molar-refractivity contribution < 1.29 is 4.79 Å². The molecule has 10 heavy (non-hydrogen) atoms. The summed E-state index contributed by atoms with van der Waals surface area (Å²) in [5.41, 5.74) is 0.615. The smallest absolute Gasteiger partial charge is 0.150 e. The van der Waals surface area contributed by atoms with Gasteiger partial charge in [-0.05, 0) is 6.42 Å². The summed E-state index contributed by atoms with van der Waals surface area (Å²) >= 11 is 0. The second-order valence-corrected chi connectivity index (χ2v) is 1.83. The van der Waals surface area contributed by atoms with Gasteiger partial charge in [0.05, 0.1) is 0 Å². The number of allylic oxidation sites excluding steroid dienone is 5. The Balaban J connectivity index is 3.98. The van der Waals surface area contributed by atoms with E-state index in [0.29, 0.717) is 5.57 Å². The second-order valence-electron chi connectivity index (χ2n) is 1.83. The molecule has 0 fully saturated rings. The molecule has 0 aromatic heterocycles. The summed E-state index contributed by atoms with van der Waals surface area (Å²) in [5.74, 6) is 0. The summed E-state index contributed by atoms with van der Waals surface area (Å²) in [4.78, 5) is 10.2. The minimum atomic E-state index is 0.615. The predicted octanol–water partition coefficient (Wildman–Crippen LogP) is 2.26. The number of carbonyl (C=O) groups is 1. The van der Waals surface area contributed by atoms with Crippen molar-refractivity contribution in [1.82, 2.24) is 0 Å². The first-order valence-electron chi connectivity index (χ1n) is 3.29. The van der Waals surface area contributed by atoms with Gasteiger partial charge >= 0.3 is 0 Å². The molecule has 0 saturated carbocycles. The molecule has 1 nitrogen and oxygen atoms in total. The van der Waals surface area contributed by atoms with Crippen molar-refractivity contribution >= 4 is 6.29 Å². The minimum absolute atomic E-state index is 0.615. The van der Waals surface area contributed by atoms with Gasteiger partial charge in [0.25, 0.3) is 0 Å². The van der Waals surface area contributed by atoms with E-state index in [1.165, 1.54) is 6.08 Å². The lowest BCUT2D eigenvalue weighted by Crippen LogP contribution is -1.74. The highest BCUT2D eigenvalue weighted by Gasteiger charge is 1.80. The van der Waals surface area contributed by atoms with Crippen molar-refractivity contribution in [3.63, 3.8) is 0 Å². The lowest BCUT2D eigenvalue weighted by Gasteiger charge is -1.82. The van der Waals surface area contributed by atoms with Gasteiger partial charge in [0, 0.05) is 5.57 Å². The van der Waals surface area contributed by atoms with Gasteiger partial charge in [0.1, 0.15) is 6.29 Å². The van der Waals surface area contributed by atoms with Crippen LogP contribution < -0.4 is 0 Å². The highest BCUT2D eigenvalue weighted by Crippen LogP contribution is 1.91. The molecule has 0 rings (SSSR count). The standard InChI is InChI=1S/C9H12O/c1-3-5-6-7-9(4-2)8-10/h4-8H,2-3H2,1H3/b6-5-,9-7+. The number of rotatable bonds is 4. The van der Waals surface area contributed by atoms with Gasteiger partial charge in [-0.1, -0.05) is 37.8 Å². The number of hydrogen-bond acceptors (Lipinski definition) is 1. The van der Waals surface area contributed by atoms with Gasteiger partial charge in [-0.25, -0.2) is 0 Å². The maximum Gasteiger partial charge on any atom is 0.150 e. The monoisotopic (exact) mass is 136 g/mol. The third kappa shape index (κ3) is 3.84. The molecule has 0 aliphatic rings. The second kappa shape index (κ2) is 6.02. The first kappa shape index (κ1) is 8.89. The van der Waals surface area contributed by atoms with Gasteiger partial charge in [-0.2, -0.15) is 0 Å². The maximum absolute atomic E-state index is 10.2. The van der Waals surface area contributed by atoms with E-state index in [1.54, 1.807) is 6.08 Å². The average Bonchev–Trinajstić information content (AvgIpc) is 1.99. The van der Waals surface area contributed by atoms with Crippen LogP contribution in [0.25, 0.3) is 0 Å².